The summed E-state index contributed by atoms with van der Waals surface area (Å²) < 4.78 is 0.778. The first-order valence-electron chi connectivity index (χ1n) is 3.86. The van der Waals surface area contributed by atoms with Crippen molar-refractivity contribution in [2.75, 3.05) is 11.9 Å². The average molecular weight is 257 g/mol. The molecule has 0 amide bonds. The van der Waals surface area contributed by atoms with E-state index in [9.17, 15) is 4.79 Å². The van der Waals surface area contributed by atoms with E-state index >= 15 is 0 Å². The first kappa shape index (κ1) is 10.7. The number of halogens is 1. The van der Waals surface area contributed by atoms with E-state index in [0.29, 0.717) is 12.4 Å². The van der Waals surface area contributed by atoms with Crippen LogP contribution in [0.2, 0.25) is 0 Å². The van der Waals surface area contributed by atoms with Crippen LogP contribution in [0, 0.1) is 0 Å². The number of carboxylic acids is 1. The molecule has 0 saturated carbocycles. The number of anilines is 1. The van der Waals surface area contributed by atoms with Gasteiger partial charge < -0.3 is 10.4 Å². The fourth-order valence-electron chi connectivity index (χ4n) is 0.847. The molecule has 0 saturated heterocycles. The molecular weight excluding hydrogens is 248 g/mol. The maximum Gasteiger partial charge on any atom is 0.335 e. The van der Waals surface area contributed by atoms with Gasteiger partial charge in [0.1, 0.15) is 5.82 Å². The van der Waals surface area contributed by atoms with Gasteiger partial charge >= 0.3 is 5.97 Å². The fourth-order valence-corrected chi connectivity index (χ4v) is 0.987. The largest absolute Gasteiger partial charge is 0.478 e. The number of carbonyl (C=O) groups is 1. The lowest BCUT2D eigenvalue weighted by atomic mass is 10.2. The maximum atomic E-state index is 10.6. The predicted octanol–water partition coefficient (Wildman–Crippen LogP) is 2.10. The minimum Gasteiger partial charge on any atom is -0.478 e. The second-order valence-electron chi connectivity index (χ2n) is 2.61. The molecule has 0 aliphatic rings. The molecule has 0 unspecified atom stereocenters. The molecule has 0 spiro atoms. The molecule has 0 aliphatic carbocycles. The Hall–Kier alpha value is -1.36. The number of rotatable bonds is 4. The highest BCUT2D eigenvalue weighted by Crippen LogP contribution is 2.08. The normalized spacial score (nSPS) is 9.50. The van der Waals surface area contributed by atoms with Gasteiger partial charge in [-0.1, -0.05) is 22.5 Å². The lowest BCUT2D eigenvalue weighted by Gasteiger charge is -2.04. The molecule has 5 heteroatoms. The second-order valence-corrected chi connectivity index (χ2v) is 3.73. The molecule has 1 rings (SSSR count). The minimum absolute atomic E-state index is 0.211. The molecule has 0 atom stereocenters. The van der Waals surface area contributed by atoms with Crippen molar-refractivity contribution >= 4 is 27.7 Å². The van der Waals surface area contributed by atoms with E-state index in [-0.39, 0.29) is 5.56 Å². The minimum atomic E-state index is -0.965. The summed E-state index contributed by atoms with van der Waals surface area (Å²) in [4.78, 5) is 14.6. The molecule has 1 aromatic heterocycles. The number of pyridine rings is 1. The van der Waals surface area contributed by atoms with Crippen LogP contribution in [-0.2, 0) is 0 Å². The van der Waals surface area contributed by atoms with Gasteiger partial charge in [-0.05, 0) is 12.1 Å². The van der Waals surface area contributed by atoms with Crippen molar-refractivity contribution < 1.29 is 9.90 Å². The van der Waals surface area contributed by atoms with Crippen molar-refractivity contribution in [3.63, 3.8) is 0 Å². The first-order valence-corrected chi connectivity index (χ1v) is 4.65. The van der Waals surface area contributed by atoms with Crippen LogP contribution >= 0.6 is 15.9 Å². The smallest absolute Gasteiger partial charge is 0.335 e. The van der Waals surface area contributed by atoms with E-state index in [0.717, 1.165) is 4.48 Å². The molecule has 0 bridgehead atoms. The first-order chi connectivity index (χ1) is 6.59. The highest BCUT2D eigenvalue weighted by atomic mass is 79.9. The van der Waals surface area contributed by atoms with Gasteiger partial charge in [-0.3, -0.25) is 0 Å². The van der Waals surface area contributed by atoms with Gasteiger partial charge in [-0.15, -0.1) is 0 Å². The summed E-state index contributed by atoms with van der Waals surface area (Å²) in [5.74, 6) is -0.446. The van der Waals surface area contributed by atoms with E-state index in [1.807, 2.05) is 0 Å². The zero-order chi connectivity index (χ0) is 10.6. The number of carboxylic acid groups (broad SMARTS) is 1. The Kier molecular flexibility index (Phi) is 3.64. The van der Waals surface area contributed by atoms with Gasteiger partial charge in [0.2, 0.25) is 0 Å². The van der Waals surface area contributed by atoms with E-state index in [4.69, 9.17) is 5.11 Å². The van der Waals surface area contributed by atoms with Crippen LogP contribution in [0.5, 0.6) is 0 Å². The molecule has 1 heterocycles. The zero-order valence-corrected chi connectivity index (χ0v) is 8.91. The number of hydrogen-bond acceptors (Lipinski definition) is 3. The Morgan fingerprint density at radius 1 is 1.71 bits per heavy atom. The molecule has 0 aromatic carbocycles. The van der Waals surface area contributed by atoms with Gasteiger partial charge in [-0.25, -0.2) is 9.78 Å². The van der Waals surface area contributed by atoms with E-state index < -0.39 is 5.97 Å². The number of aromatic nitrogens is 1. The third kappa shape index (κ3) is 3.18. The topological polar surface area (TPSA) is 62.2 Å². The third-order valence-electron chi connectivity index (χ3n) is 1.47. The fraction of sp³-hybridized carbons (Fsp3) is 0.111. The summed E-state index contributed by atoms with van der Waals surface area (Å²) in [5, 5.41) is 11.6. The Morgan fingerprint density at radius 2 is 2.43 bits per heavy atom. The lowest BCUT2D eigenvalue weighted by Crippen LogP contribution is -2.04. The van der Waals surface area contributed by atoms with Crippen molar-refractivity contribution in [2.24, 2.45) is 0 Å². The number of nitrogens with one attached hydrogen (secondary N) is 1. The van der Waals surface area contributed by atoms with Crippen LogP contribution in [-0.4, -0.2) is 22.6 Å². The van der Waals surface area contributed by atoms with Crippen molar-refractivity contribution in [3.05, 3.63) is 35.0 Å². The summed E-state index contributed by atoms with van der Waals surface area (Å²) in [6.45, 7) is 4.15. The van der Waals surface area contributed by atoms with Crippen molar-refractivity contribution in [1.82, 2.24) is 4.98 Å². The molecule has 0 aliphatic heterocycles. The third-order valence-corrected chi connectivity index (χ3v) is 1.75. The predicted molar refractivity (Wildman–Crippen MR) is 57.8 cm³/mol. The number of hydrogen-bond donors (Lipinski definition) is 2. The monoisotopic (exact) mass is 256 g/mol. The Bertz CT molecular complexity index is 366. The molecule has 2 N–H and O–H groups in total. The molecule has 0 radical (unpaired) electrons. The Morgan fingerprint density at radius 3 is 3.00 bits per heavy atom. The van der Waals surface area contributed by atoms with Crippen LogP contribution in [0.25, 0.3) is 0 Å². The zero-order valence-electron chi connectivity index (χ0n) is 7.33. The van der Waals surface area contributed by atoms with Crippen molar-refractivity contribution in [2.45, 2.75) is 0 Å². The van der Waals surface area contributed by atoms with Crippen molar-refractivity contribution in [3.8, 4) is 0 Å². The summed E-state index contributed by atoms with van der Waals surface area (Å²) in [7, 11) is 0. The highest BCUT2D eigenvalue weighted by Gasteiger charge is 2.03. The van der Waals surface area contributed by atoms with Crippen LogP contribution in [0.3, 0.4) is 0 Å². The van der Waals surface area contributed by atoms with Gasteiger partial charge in [0.15, 0.2) is 0 Å². The van der Waals surface area contributed by atoms with Gasteiger partial charge in [0.05, 0.1) is 5.56 Å². The van der Waals surface area contributed by atoms with Gasteiger partial charge in [0.25, 0.3) is 0 Å². The lowest BCUT2D eigenvalue weighted by molar-refractivity contribution is 0.0697. The van der Waals surface area contributed by atoms with E-state index in [1.165, 1.54) is 18.3 Å². The summed E-state index contributed by atoms with van der Waals surface area (Å²) in [5.41, 5.74) is 0.211. The van der Waals surface area contributed by atoms with Gasteiger partial charge in [-0.2, -0.15) is 0 Å². The number of aromatic carboxylic acids is 1. The quantitative estimate of drug-likeness (QED) is 0.867. The van der Waals surface area contributed by atoms with Crippen LogP contribution in [0.15, 0.2) is 29.4 Å². The molecular formula is C9H9BrN2O2. The summed E-state index contributed by atoms with van der Waals surface area (Å²) >= 11 is 3.18. The highest BCUT2D eigenvalue weighted by molar-refractivity contribution is 9.11. The molecule has 74 valence electrons. The SMILES string of the molecule is C=C(Br)CNc1cc(C(=O)O)ccn1. The Balaban J connectivity index is 2.73. The standard InChI is InChI=1S/C9H9BrN2O2/c1-6(10)5-12-8-4-7(9(13)14)2-3-11-8/h2-4H,1,5H2,(H,11,12)(H,13,14). The van der Waals surface area contributed by atoms with E-state index in [2.05, 4.69) is 32.8 Å². The summed E-state index contributed by atoms with van der Waals surface area (Å²) in [6.07, 6.45) is 1.45. The van der Waals surface area contributed by atoms with Crippen LogP contribution < -0.4 is 5.32 Å². The van der Waals surface area contributed by atoms with Crippen molar-refractivity contribution in [1.29, 1.82) is 0 Å². The number of nitrogens with zero attached hydrogens (tertiary/aromatic N) is 1. The molecule has 0 fully saturated rings. The summed E-state index contributed by atoms with van der Waals surface area (Å²) in [6, 6.07) is 2.91. The average Bonchev–Trinajstić information content (AvgIpc) is 2.15. The van der Waals surface area contributed by atoms with Crippen LogP contribution in [0.1, 0.15) is 10.4 Å². The Labute approximate surface area is 89.8 Å². The maximum absolute atomic E-state index is 10.6. The van der Waals surface area contributed by atoms with Crippen LogP contribution in [0.4, 0.5) is 5.82 Å². The molecule has 1 aromatic rings. The van der Waals surface area contributed by atoms with Gasteiger partial charge in [0, 0.05) is 17.2 Å². The second kappa shape index (κ2) is 4.76. The molecule has 4 nitrogen and oxygen atoms in total. The van der Waals surface area contributed by atoms with E-state index in [1.54, 1.807) is 0 Å². The molecule has 14 heavy (non-hydrogen) atoms.